The monoisotopic (exact) mass is 549 g/mol. The highest BCUT2D eigenvalue weighted by molar-refractivity contribution is 7.98. The van der Waals surface area contributed by atoms with Crippen LogP contribution in [0, 0.1) is 19.8 Å². The summed E-state index contributed by atoms with van der Waals surface area (Å²) < 4.78 is 5.49. The molecule has 0 aliphatic rings. The van der Waals surface area contributed by atoms with Crippen LogP contribution in [0.4, 0.5) is 4.79 Å². The van der Waals surface area contributed by atoms with Crippen molar-refractivity contribution >= 4 is 29.7 Å². The largest absolute Gasteiger partial charge is 0.444 e. The van der Waals surface area contributed by atoms with Crippen molar-refractivity contribution in [1.82, 2.24) is 15.5 Å². The maximum absolute atomic E-state index is 14.4. The van der Waals surface area contributed by atoms with Gasteiger partial charge in [0.15, 0.2) is 0 Å². The molecule has 3 unspecified atom stereocenters. The number of nitrogens with one attached hydrogen (secondary N) is 2. The van der Waals surface area contributed by atoms with Crippen molar-refractivity contribution in [2.75, 3.05) is 12.0 Å². The second-order valence-corrected chi connectivity index (χ2v) is 12.9. The van der Waals surface area contributed by atoms with Gasteiger partial charge in [0, 0.05) is 12.1 Å². The van der Waals surface area contributed by atoms with Gasteiger partial charge in [-0.3, -0.25) is 9.59 Å². The van der Waals surface area contributed by atoms with E-state index in [1.807, 2.05) is 59.1 Å². The van der Waals surface area contributed by atoms with E-state index in [9.17, 15) is 14.4 Å². The Morgan fingerprint density at radius 2 is 1.53 bits per heavy atom. The first-order chi connectivity index (χ1) is 17.6. The summed E-state index contributed by atoms with van der Waals surface area (Å²) in [6.07, 6.45) is 3.40. The van der Waals surface area contributed by atoms with Gasteiger partial charge in [-0.25, -0.2) is 4.79 Å². The molecule has 0 aromatic heterocycles. The van der Waals surface area contributed by atoms with Crippen LogP contribution >= 0.6 is 11.8 Å². The third kappa shape index (κ3) is 10.9. The lowest BCUT2D eigenvalue weighted by molar-refractivity contribution is -0.145. The van der Waals surface area contributed by atoms with Gasteiger partial charge in [0.2, 0.25) is 11.8 Å². The molecule has 0 fully saturated rings. The summed E-state index contributed by atoms with van der Waals surface area (Å²) in [4.78, 5) is 42.8. The number of ether oxygens (including phenoxy) is 1. The lowest BCUT2D eigenvalue weighted by Gasteiger charge is -2.40. The van der Waals surface area contributed by atoms with Gasteiger partial charge in [-0.1, -0.05) is 32.0 Å². The van der Waals surface area contributed by atoms with Gasteiger partial charge in [-0.05, 0) is 109 Å². The summed E-state index contributed by atoms with van der Waals surface area (Å²) in [6, 6.07) is 3.94. The molecule has 8 heteroatoms. The van der Waals surface area contributed by atoms with E-state index >= 15 is 0 Å². The fourth-order valence-corrected chi connectivity index (χ4v) is 4.93. The summed E-state index contributed by atoms with van der Waals surface area (Å²) in [7, 11) is 0. The smallest absolute Gasteiger partial charge is 0.408 e. The minimum Gasteiger partial charge on any atom is -0.444 e. The molecule has 0 bridgehead atoms. The highest BCUT2D eigenvalue weighted by atomic mass is 32.2. The van der Waals surface area contributed by atoms with Crippen molar-refractivity contribution in [3.8, 4) is 0 Å². The predicted molar refractivity (Wildman–Crippen MR) is 158 cm³/mol. The number of alkyl carbamates (subject to hydrolysis) is 1. The van der Waals surface area contributed by atoms with Crippen LogP contribution in [0.25, 0.3) is 0 Å². The van der Waals surface area contributed by atoms with E-state index in [-0.39, 0.29) is 23.9 Å². The molecule has 0 saturated carbocycles. The Labute approximate surface area is 235 Å². The Hall–Kier alpha value is -2.22. The van der Waals surface area contributed by atoms with Crippen molar-refractivity contribution < 1.29 is 19.1 Å². The average molecular weight is 550 g/mol. The Kier molecular flexibility index (Phi) is 13.7. The zero-order chi connectivity index (χ0) is 29.2. The number of aryl methyl sites for hydroxylation is 2. The second kappa shape index (κ2) is 15.4. The molecular formula is C30H51N3O4S. The Morgan fingerprint density at radius 1 is 0.947 bits per heavy atom. The van der Waals surface area contributed by atoms with Gasteiger partial charge in [0.1, 0.15) is 17.7 Å². The molecule has 3 amide bonds. The highest BCUT2D eigenvalue weighted by Gasteiger charge is 2.40. The molecule has 1 rings (SSSR count). The first-order valence-corrected chi connectivity index (χ1v) is 15.2. The molecule has 7 nitrogen and oxygen atoms in total. The number of thioether (sulfide) groups is 1. The Morgan fingerprint density at radius 3 is 2.00 bits per heavy atom. The average Bonchev–Trinajstić information content (AvgIpc) is 2.77. The predicted octanol–water partition coefficient (Wildman–Crippen LogP) is 6.17. The highest BCUT2D eigenvalue weighted by Crippen LogP contribution is 2.32. The number of hydrogen-bond donors (Lipinski definition) is 2. The lowest BCUT2D eigenvalue weighted by Crippen LogP contribution is -2.56. The molecular weight excluding hydrogens is 498 g/mol. The molecule has 0 radical (unpaired) electrons. The molecule has 0 saturated heterocycles. The van der Waals surface area contributed by atoms with Crippen LogP contribution in [-0.2, 0) is 14.3 Å². The molecule has 1 aromatic carbocycles. The Bertz CT molecular complexity index is 906. The van der Waals surface area contributed by atoms with Gasteiger partial charge in [-0.15, -0.1) is 0 Å². The van der Waals surface area contributed by atoms with Gasteiger partial charge in [0.05, 0.1) is 0 Å². The standard InChI is InChI=1S/C30H51N3O4S/c1-19(2)15-16-23(7)33(28(35)24(17-18-38-11)32-29(36)37-30(8,9)10)26(27(34)31-20(3)4)25-21(5)13-12-14-22(25)6/h12-14,19-20,23-24,26H,15-18H2,1-11H3,(H,31,34)(H,32,36). The molecule has 216 valence electrons. The summed E-state index contributed by atoms with van der Waals surface area (Å²) in [5, 5.41) is 5.88. The van der Waals surface area contributed by atoms with Crippen LogP contribution in [0.5, 0.6) is 0 Å². The molecule has 38 heavy (non-hydrogen) atoms. The SMILES string of the molecule is CSCCC(NC(=O)OC(C)(C)C)C(=O)N(C(C)CCC(C)C)C(C(=O)NC(C)C)c1c(C)cccc1C. The number of carbonyl (C=O) groups is 3. The first kappa shape index (κ1) is 33.8. The van der Waals surface area contributed by atoms with E-state index in [0.29, 0.717) is 18.1 Å². The number of carbonyl (C=O) groups excluding carboxylic acids is 3. The van der Waals surface area contributed by atoms with Crippen LogP contribution in [0.15, 0.2) is 18.2 Å². The van der Waals surface area contributed by atoms with E-state index < -0.39 is 23.8 Å². The second-order valence-electron chi connectivity index (χ2n) is 11.9. The van der Waals surface area contributed by atoms with Crippen LogP contribution in [-0.4, -0.2) is 58.5 Å². The van der Waals surface area contributed by atoms with Crippen molar-refractivity contribution in [3.05, 3.63) is 34.9 Å². The molecule has 3 atom stereocenters. The number of hydrogen-bond acceptors (Lipinski definition) is 5. The number of amides is 3. The fourth-order valence-electron chi connectivity index (χ4n) is 4.45. The zero-order valence-corrected chi connectivity index (χ0v) is 26.3. The van der Waals surface area contributed by atoms with Crippen LogP contribution in [0.3, 0.4) is 0 Å². The van der Waals surface area contributed by atoms with Crippen LogP contribution in [0.2, 0.25) is 0 Å². The number of rotatable bonds is 13. The van der Waals surface area contributed by atoms with Crippen molar-refractivity contribution in [2.24, 2.45) is 5.92 Å². The maximum Gasteiger partial charge on any atom is 0.408 e. The third-order valence-corrected chi connectivity index (χ3v) is 6.91. The topological polar surface area (TPSA) is 87.7 Å². The van der Waals surface area contributed by atoms with Gasteiger partial charge in [-0.2, -0.15) is 11.8 Å². The third-order valence-electron chi connectivity index (χ3n) is 6.26. The first-order valence-electron chi connectivity index (χ1n) is 13.8. The maximum atomic E-state index is 14.4. The summed E-state index contributed by atoms with van der Waals surface area (Å²) >= 11 is 1.60. The van der Waals surface area contributed by atoms with E-state index in [1.54, 1.807) is 37.4 Å². The number of nitrogens with zero attached hydrogens (tertiary/aromatic N) is 1. The van der Waals surface area contributed by atoms with Crippen LogP contribution < -0.4 is 10.6 Å². The fraction of sp³-hybridized carbons (Fsp3) is 0.700. The summed E-state index contributed by atoms with van der Waals surface area (Å²) in [5.41, 5.74) is 2.03. The quantitative estimate of drug-likeness (QED) is 0.307. The van der Waals surface area contributed by atoms with Gasteiger partial charge >= 0.3 is 6.09 Å². The molecule has 2 N–H and O–H groups in total. The molecule has 0 aliphatic carbocycles. The van der Waals surface area contributed by atoms with Gasteiger partial charge < -0.3 is 20.3 Å². The van der Waals surface area contributed by atoms with E-state index in [0.717, 1.165) is 29.5 Å². The molecule has 1 aromatic rings. The normalized spacial score (nSPS) is 14.1. The van der Waals surface area contributed by atoms with Crippen LogP contribution in [0.1, 0.15) is 97.4 Å². The summed E-state index contributed by atoms with van der Waals surface area (Å²) in [5.74, 6) is 0.632. The zero-order valence-electron chi connectivity index (χ0n) is 25.4. The summed E-state index contributed by atoms with van der Waals surface area (Å²) in [6.45, 7) is 19.5. The van der Waals surface area contributed by atoms with E-state index in [1.165, 1.54) is 0 Å². The van der Waals surface area contributed by atoms with Crippen molar-refractivity contribution in [2.45, 2.75) is 118 Å². The van der Waals surface area contributed by atoms with Gasteiger partial charge in [0.25, 0.3) is 0 Å². The molecule has 0 spiro atoms. The van der Waals surface area contributed by atoms with E-state index in [4.69, 9.17) is 4.74 Å². The molecule has 0 heterocycles. The van der Waals surface area contributed by atoms with E-state index in [2.05, 4.69) is 24.5 Å². The molecule has 0 aliphatic heterocycles. The van der Waals surface area contributed by atoms with Crippen molar-refractivity contribution in [1.29, 1.82) is 0 Å². The minimum atomic E-state index is -0.828. The minimum absolute atomic E-state index is 0.0931. The lowest BCUT2D eigenvalue weighted by atomic mass is 9.91. The Balaban J connectivity index is 3.69. The number of benzene rings is 1. The van der Waals surface area contributed by atoms with Crippen molar-refractivity contribution in [3.63, 3.8) is 0 Å².